The molecule has 0 spiro atoms. The summed E-state index contributed by atoms with van der Waals surface area (Å²) in [6, 6.07) is 19.1. The van der Waals surface area contributed by atoms with Crippen molar-refractivity contribution in [3.05, 3.63) is 101 Å². The number of ketones is 1. The van der Waals surface area contributed by atoms with Crippen LogP contribution >= 0.6 is 0 Å². The number of methoxy groups -OCH3 is 1. The zero-order valence-electron chi connectivity index (χ0n) is 27.3. The summed E-state index contributed by atoms with van der Waals surface area (Å²) >= 11 is 0. The summed E-state index contributed by atoms with van der Waals surface area (Å²) in [7, 11) is 5.81. The fourth-order valence-electron chi connectivity index (χ4n) is 5.66. The van der Waals surface area contributed by atoms with Gasteiger partial charge in [0.05, 0.1) is 18.3 Å². The molecule has 1 saturated carbocycles. The molecule has 4 N–H and O–H groups in total. The third-order valence-electron chi connectivity index (χ3n) is 8.32. The first-order chi connectivity index (χ1) is 22.1. The van der Waals surface area contributed by atoms with Crippen molar-refractivity contribution in [2.24, 2.45) is 5.92 Å². The van der Waals surface area contributed by atoms with Gasteiger partial charge in [-0.25, -0.2) is 14.4 Å². The van der Waals surface area contributed by atoms with E-state index in [1.165, 1.54) is 42.8 Å². The molecule has 4 rings (SSSR count). The van der Waals surface area contributed by atoms with Gasteiger partial charge in [0, 0.05) is 18.0 Å². The number of hydrogen-bond donors (Lipinski definition) is 4. The Kier molecular flexibility index (Phi) is 12.4. The maximum absolute atomic E-state index is 12.9. The smallest absolute Gasteiger partial charge is 0.360 e. The van der Waals surface area contributed by atoms with Crippen LogP contribution in [0.15, 0.2) is 72.8 Å². The number of rotatable bonds is 11. The van der Waals surface area contributed by atoms with E-state index < -0.39 is 41.0 Å². The van der Waals surface area contributed by atoms with Gasteiger partial charge in [-0.15, -0.1) is 0 Å². The number of benzene rings is 3. The number of carboxylic acids is 2. The Labute approximate surface area is 274 Å². The Bertz CT molecular complexity index is 1550. The lowest BCUT2D eigenvalue weighted by atomic mass is 9.71. The normalized spacial score (nSPS) is 19.4. The first-order valence-corrected chi connectivity index (χ1v) is 15.2. The SMILES string of the molecule is COc1cccc([C@@]2(O)CCCC[C@@H]2CN(C)C)c1.Cc1ccc(C(=O)O[C@@](C(=O)O)(C(=O)c2ccc(C)cc2)[C@H](O)C(=O)O)cc1. The molecule has 47 heavy (non-hydrogen) atoms. The largest absolute Gasteiger partial charge is 0.497 e. The fourth-order valence-corrected chi connectivity index (χ4v) is 5.66. The molecule has 3 aromatic carbocycles. The summed E-state index contributed by atoms with van der Waals surface area (Å²) in [6.07, 6.45) is 1.42. The van der Waals surface area contributed by atoms with E-state index in [1.54, 1.807) is 33.1 Å². The van der Waals surface area contributed by atoms with Crippen molar-refractivity contribution in [2.45, 2.75) is 56.8 Å². The number of esters is 1. The minimum Gasteiger partial charge on any atom is -0.497 e. The van der Waals surface area contributed by atoms with Crippen LogP contribution in [0.25, 0.3) is 0 Å². The first kappa shape index (κ1) is 36.9. The van der Waals surface area contributed by atoms with Crippen molar-refractivity contribution >= 4 is 23.7 Å². The first-order valence-electron chi connectivity index (χ1n) is 15.2. The zero-order chi connectivity index (χ0) is 34.9. The molecule has 0 amide bonds. The topological polar surface area (TPSA) is 171 Å². The Morgan fingerprint density at radius 3 is 2.00 bits per heavy atom. The molecule has 4 atom stereocenters. The summed E-state index contributed by atoms with van der Waals surface area (Å²) in [6.45, 7) is 4.40. The van der Waals surface area contributed by atoms with Crippen molar-refractivity contribution in [2.75, 3.05) is 27.7 Å². The Morgan fingerprint density at radius 2 is 1.49 bits per heavy atom. The lowest BCUT2D eigenvalue weighted by molar-refractivity contribution is -0.176. The molecule has 252 valence electrons. The van der Waals surface area contributed by atoms with Gasteiger partial charge in [-0.05, 0) is 70.6 Å². The molecule has 1 aliphatic rings. The van der Waals surface area contributed by atoms with Crippen LogP contribution in [0.2, 0.25) is 0 Å². The van der Waals surface area contributed by atoms with E-state index in [1.807, 2.05) is 24.3 Å². The third kappa shape index (κ3) is 8.62. The average Bonchev–Trinajstić information content (AvgIpc) is 3.04. The van der Waals surface area contributed by atoms with Gasteiger partial charge >= 0.3 is 23.5 Å². The number of aliphatic carboxylic acids is 2. The summed E-state index contributed by atoms with van der Waals surface area (Å²) in [4.78, 5) is 50.8. The van der Waals surface area contributed by atoms with E-state index in [-0.39, 0.29) is 11.1 Å². The molecule has 0 heterocycles. The molecule has 11 heteroatoms. The second-order valence-electron chi connectivity index (χ2n) is 12.1. The van der Waals surface area contributed by atoms with Gasteiger partial charge in [0.1, 0.15) is 5.75 Å². The summed E-state index contributed by atoms with van der Waals surface area (Å²) in [5.74, 6) is -5.64. The Balaban J connectivity index is 0.000000274. The minimum absolute atomic E-state index is 0.106. The molecule has 0 aliphatic heterocycles. The number of hydrogen-bond acceptors (Lipinski definition) is 9. The van der Waals surface area contributed by atoms with Gasteiger partial charge in [0.25, 0.3) is 0 Å². The van der Waals surface area contributed by atoms with Crippen molar-refractivity contribution in [1.82, 2.24) is 4.90 Å². The average molecular weight is 650 g/mol. The van der Waals surface area contributed by atoms with Crippen LogP contribution in [0.3, 0.4) is 0 Å². The molecule has 11 nitrogen and oxygen atoms in total. The maximum atomic E-state index is 12.9. The number of aliphatic hydroxyl groups is 2. The van der Waals surface area contributed by atoms with E-state index in [0.717, 1.165) is 48.2 Å². The number of carbonyl (C=O) groups excluding carboxylic acids is 2. The molecule has 0 unspecified atom stereocenters. The second-order valence-corrected chi connectivity index (χ2v) is 12.1. The highest BCUT2D eigenvalue weighted by molar-refractivity contribution is 6.19. The quantitative estimate of drug-likeness (QED) is 0.133. The number of aliphatic hydroxyl groups excluding tert-OH is 1. The van der Waals surface area contributed by atoms with E-state index in [0.29, 0.717) is 5.92 Å². The van der Waals surface area contributed by atoms with E-state index in [9.17, 15) is 34.5 Å². The maximum Gasteiger partial charge on any atom is 0.360 e. The van der Waals surface area contributed by atoms with E-state index >= 15 is 0 Å². The monoisotopic (exact) mass is 649 g/mol. The van der Waals surface area contributed by atoms with Gasteiger partial charge < -0.3 is 34.8 Å². The van der Waals surface area contributed by atoms with Gasteiger partial charge in [0.2, 0.25) is 11.9 Å². The van der Waals surface area contributed by atoms with Crippen molar-refractivity contribution in [3.8, 4) is 5.75 Å². The Morgan fingerprint density at radius 1 is 0.915 bits per heavy atom. The molecule has 3 aromatic rings. The fraction of sp³-hybridized carbons (Fsp3) is 0.389. The predicted molar refractivity (Wildman–Crippen MR) is 174 cm³/mol. The highest BCUT2D eigenvalue weighted by Crippen LogP contribution is 2.42. The van der Waals surface area contributed by atoms with Crippen LogP contribution in [-0.2, 0) is 19.9 Å². The van der Waals surface area contributed by atoms with Crippen molar-refractivity contribution in [3.63, 3.8) is 0 Å². The van der Waals surface area contributed by atoms with Crippen LogP contribution < -0.4 is 4.74 Å². The lowest BCUT2D eigenvalue weighted by Gasteiger charge is -2.41. The number of ether oxygens (including phenoxy) is 2. The van der Waals surface area contributed by atoms with Crippen LogP contribution in [0, 0.1) is 19.8 Å². The second kappa shape index (κ2) is 15.8. The highest BCUT2D eigenvalue weighted by atomic mass is 16.6. The van der Waals surface area contributed by atoms with Crippen LogP contribution in [0.5, 0.6) is 5.75 Å². The number of aryl methyl sites for hydroxylation is 2. The molecular formula is C36H43NO10. The summed E-state index contributed by atoms with van der Waals surface area (Å²) in [5, 5.41) is 40.1. The molecular weight excluding hydrogens is 606 g/mol. The molecule has 1 fully saturated rings. The lowest BCUT2D eigenvalue weighted by Crippen LogP contribution is -2.61. The number of carboxylic acid groups (broad SMARTS) is 2. The minimum atomic E-state index is -3.36. The predicted octanol–water partition coefficient (Wildman–Crippen LogP) is 4.25. The van der Waals surface area contributed by atoms with Crippen LogP contribution in [-0.4, -0.2) is 88.5 Å². The molecule has 0 radical (unpaired) electrons. The zero-order valence-corrected chi connectivity index (χ0v) is 27.3. The third-order valence-corrected chi connectivity index (χ3v) is 8.32. The van der Waals surface area contributed by atoms with Gasteiger partial charge in [-0.2, -0.15) is 0 Å². The molecule has 0 bridgehead atoms. The standard InChI is InChI=1S/C20H18O8.C16H25NO2/c1-11-3-7-13(8-4-11)15(21)20(19(26)27,16(22)17(23)24)28-18(25)14-9-5-12(2)6-10-14;1-17(2)12-14-7-4-5-10-16(14,18)13-8-6-9-15(11-13)19-3/h3-10,16,22H,1-2H3,(H,23,24)(H,26,27);6,8-9,11,14,18H,4-5,7,10,12H2,1-3H3/t16-,20+;14-,16+/m11/s1. The van der Waals surface area contributed by atoms with Gasteiger partial charge in [-0.1, -0.05) is 72.5 Å². The van der Waals surface area contributed by atoms with E-state index in [2.05, 4.69) is 19.0 Å². The summed E-state index contributed by atoms with van der Waals surface area (Å²) < 4.78 is 10.2. The summed E-state index contributed by atoms with van der Waals surface area (Å²) in [5.41, 5.74) is -1.84. The Hall–Kier alpha value is -4.58. The van der Waals surface area contributed by atoms with Crippen molar-refractivity contribution in [1.29, 1.82) is 0 Å². The van der Waals surface area contributed by atoms with Crippen molar-refractivity contribution < 1.29 is 49.1 Å². The number of Topliss-reactive ketones (excluding diaryl/α,β-unsaturated/α-hetero) is 1. The van der Waals surface area contributed by atoms with Crippen LogP contribution in [0.1, 0.15) is 63.1 Å². The highest BCUT2D eigenvalue weighted by Gasteiger charge is 2.59. The molecule has 1 aliphatic carbocycles. The molecule has 0 saturated heterocycles. The van der Waals surface area contributed by atoms with E-state index in [4.69, 9.17) is 14.6 Å². The van der Waals surface area contributed by atoms with Gasteiger partial charge in [0.15, 0.2) is 0 Å². The number of nitrogens with zero attached hydrogens (tertiary/aromatic N) is 1. The number of carbonyl (C=O) groups is 4. The van der Waals surface area contributed by atoms with Crippen LogP contribution in [0.4, 0.5) is 0 Å². The molecule has 0 aromatic heterocycles. The van der Waals surface area contributed by atoms with Gasteiger partial charge in [-0.3, -0.25) is 4.79 Å².